The van der Waals surface area contributed by atoms with E-state index < -0.39 is 11.5 Å². The van der Waals surface area contributed by atoms with Gasteiger partial charge in [0.2, 0.25) is 5.88 Å². The van der Waals surface area contributed by atoms with Crippen LogP contribution in [0.25, 0.3) is 11.0 Å². The minimum atomic E-state index is -0.785. The van der Waals surface area contributed by atoms with Gasteiger partial charge in [0.05, 0.1) is 24.0 Å². The predicted molar refractivity (Wildman–Crippen MR) is 126 cm³/mol. The van der Waals surface area contributed by atoms with Crippen LogP contribution >= 0.6 is 0 Å². The summed E-state index contributed by atoms with van der Waals surface area (Å²) in [4.78, 5) is 13.0. The van der Waals surface area contributed by atoms with Crippen molar-refractivity contribution in [2.24, 2.45) is 5.73 Å². The third kappa shape index (κ3) is 3.61. The number of allylic oxidation sites excluding steroid dienone is 1. The minimum absolute atomic E-state index is 0.0564. The molecule has 7 nitrogen and oxygen atoms in total. The maximum atomic E-state index is 13.0. The van der Waals surface area contributed by atoms with Crippen LogP contribution in [0.15, 0.2) is 93.5 Å². The van der Waals surface area contributed by atoms with Crippen molar-refractivity contribution in [3.63, 3.8) is 0 Å². The molecule has 0 radical (unpaired) electrons. The van der Waals surface area contributed by atoms with Crippen molar-refractivity contribution in [3.8, 4) is 23.3 Å². The highest BCUT2D eigenvalue weighted by Crippen LogP contribution is 2.45. The number of hydrogen-bond acceptors (Lipinski definition) is 7. The van der Waals surface area contributed by atoms with E-state index in [-0.39, 0.29) is 22.8 Å². The normalized spacial score (nSPS) is 14.8. The lowest BCUT2D eigenvalue weighted by atomic mass is 9.83. The van der Waals surface area contributed by atoms with E-state index in [1.807, 2.05) is 36.4 Å². The Morgan fingerprint density at radius 2 is 1.79 bits per heavy atom. The molecule has 4 aromatic rings. The second-order valence-corrected chi connectivity index (χ2v) is 7.74. The third-order valence-electron chi connectivity index (χ3n) is 5.73. The van der Waals surface area contributed by atoms with Crippen LogP contribution in [0.5, 0.6) is 17.2 Å². The van der Waals surface area contributed by atoms with E-state index in [1.165, 1.54) is 7.11 Å². The summed E-state index contributed by atoms with van der Waals surface area (Å²) in [5.74, 6) is 0.438. The zero-order valence-corrected chi connectivity index (χ0v) is 18.3. The first-order valence-electron chi connectivity index (χ1n) is 10.6. The summed E-state index contributed by atoms with van der Waals surface area (Å²) in [6, 6.07) is 24.1. The largest absolute Gasteiger partial charge is 0.493 e. The maximum absolute atomic E-state index is 13.0. The van der Waals surface area contributed by atoms with E-state index in [1.54, 1.807) is 36.4 Å². The molecule has 2 N–H and O–H groups in total. The van der Waals surface area contributed by atoms with Gasteiger partial charge in [0.15, 0.2) is 17.2 Å². The summed E-state index contributed by atoms with van der Waals surface area (Å²) in [6.07, 6.45) is 0. The van der Waals surface area contributed by atoms with Gasteiger partial charge in [-0.25, -0.2) is 4.79 Å². The second-order valence-electron chi connectivity index (χ2n) is 7.74. The van der Waals surface area contributed by atoms with Crippen molar-refractivity contribution < 1.29 is 18.6 Å². The molecule has 0 bridgehead atoms. The first-order chi connectivity index (χ1) is 16.6. The van der Waals surface area contributed by atoms with Crippen molar-refractivity contribution in [1.29, 1.82) is 5.26 Å². The van der Waals surface area contributed by atoms with Crippen molar-refractivity contribution in [1.82, 2.24) is 0 Å². The molecule has 1 aliphatic rings. The van der Waals surface area contributed by atoms with Crippen LogP contribution < -0.4 is 25.6 Å². The molecule has 1 aliphatic heterocycles. The van der Waals surface area contributed by atoms with Gasteiger partial charge in [-0.05, 0) is 35.4 Å². The Labute approximate surface area is 195 Å². The van der Waals surface area contributed by atoms with Crippen molar-refractivity contribution >= 4 is 11.0 Å². The molecule has 0 spiro atoms. The van der Waals surface area contributed by atoms with Crippen LogP contribution in [-0.2, 0) is 6.61 Å². The number of nitrogens with zero attached hydrogens (tertiary/aromatic N) is 1. The van der Waals surface area contributed by atoms with E-state index in [2.05, 4.69) is 6.07 Å². The molecule has 0 aliphatic carbocycles. The van der Waals surface area contributed by atoms with Gasteiger partial charge in [0.1, 0.15) is 23.8 Å². The predicted octanol–water partition coefficient (Wildman–Crippen LogP) is 4.60. The molecule has 1 atom stereocenters. The fraction of sp³-hybridized carbons (Fsp3) is 0.111. The average molecular weight is 452 g/mol. The highest BCUT2D eigenvalue weighted by atomic mass is 16.5. The summed E-state index contributed by atoms with van der Waals surface area (Å²) in [7, 11) is 1.53. The Kier molecular flexibility index (Phi) is 5.40. The topological polar surface area (TPSA) is 108 Å². The summed E-state index contributed by atoms with van der Waals surface area (Å²) < 4.78 is 22.8. The summed E-state index contributed by atoms with van der Waals surface area (Å²) in [5.41, 5.74) is 7.88. The number of nitriles is 1. The average Bonchev–Trinajstić information content (AvgIpc) is 2.87. The fourth-order valence-corrected chi connectivity index (χ4v) is 4.12. The first kappa shape index (κ1) is 21.2. The van der Waals surface area contributed by atoms with Crippen LogP contribution in [-0.4, -0.2) is 7.11 Å². The highest BCUT2D eigenvalue weighted by Gasteiger charge is 2.35. The number of fused-ring (bicyclic) bond motifs is 3. The molecule has 0 unspecified atom stereocenters. The number of methoxy groups -OCH3 is 1. The number of para-hydroxylation sites is 1. The number of benzene rings is 3. The zero-order chi connectivity index (χ0) is 23.7. The van der Waals surface area contributed by atoms with Crippen LogP contribution in [0.3, 0.4) is 0 Å². The van der Waals surface area contributed by atoms with E-state index in [0.29, 0.717) is 34.6 Å². The molecule has 7 heteroatoms. The Morgan fingerprint density at radius 3 is 2.56 bits per heavy atom. The van der Waals surface area contributed by atoms with Gasteiger partial charge < -0.3 is 24.4 Å². The second kappa shape index (κ2) is 8.68. The Morgan fingerprint density at radius 1 is 1.03 bits per heavy atom. The number of nitrogens with two attached hydrogens (primary N) is 1. The lowest BCUT2D eigenvalue weighted by molar-refractivity contribution is 0.284. The van der Waals surface area contributed by atoms with Gasteiger partial charge in [-0.2, -0.15) is 5.26 Å². The molecule has 1 aromatic heterocycles. The van der Waals surface area contributed by atoms with Crippen molar-refractivity contribution in [2.75, 3.05) is 7.11 Å². The van der Waals surface area contributed by atoms with Crippen molar-refractivity contribution in [2.45, 2.75) is 12.5 Å². The van der Waals surface area contributed by atoms with Crippen LogP contribution in [0.1, 0.15) is 22.6 Å². The smallest absolute Gasteiger partial charge is 0.344 e. The van der Waals surface area contributed by atoms with Crippen molar-refractivity contribution in [3.05, 3.63) is 111 Å². The molecule has 168 valence electrons. The SMILES string of the molecule is COc1cc([C@H]2C(C#N)=C(N)Oc3c2c(=O)oc2ccccc32)ccc1OCc1ccccc1. The molecule has 5 rings (SSSR count). The van der Waals surface area contributed by atoms with E-state index in [9.17, 15) is 10.1 Å². The van der Waals surface area contributed by atoms with Crippen LogP contribution in [0.2, 0.25) is 0 Å². The van der Waals surface area contributed by atoms with Gasteiger partial charge in [-0.3, -0.25) is 0 Å². The van der Waals surface area contributed by atoms with Crippen LogP contribution in [0, 0.1) is 11.3 Å². The van der Waals surface area contributed by atoms with Gasteiger partial charge in [-0.15, -0.1) is 0 Å². The van der Waals surface area contributed by atoms with E-state index in [4.69, 9.17) is 24.4 Å². The standard InChI is InChI=1S/C27H20N2O5/c1-31-22-13-17(11-12-21(22)32-15-16-7-3-2-4-8-16)23-19(14-28)26(29)34-25-18-9-5-6-10-20(18)33-27(30)24(23)25/h2-13,23H,15,29H2,1H3/t23-/m0/s1. The van der Waals surface area contributed by atoms with Gasteiger partial charge in [-0.1, -0.05) is 48.5 Å². The lowest BCUT2D eigenvalue weighted by Crippen LogP contribution is -2.26. The zero-order valence-electron chi connectivity index (χ0n) is 18.3. The Bertz CT molecular complexity index is 1520. The summed E-state index contributed by atoms with van der Waals surface area (Å²) >= 11 is 0. The highest BCUT2D eigenvalue weighted by molar-refractivity contribution is 5.86. The summed E-state index contributed by atoms with van der Waals surface area (Å²) in [6.45, 7) is 0.364. The molecule has 34 heavy (non-hydrogen) atoms. The van der Waals surface area contributed by atoms with Gasteiger partial charge in [0, 0.05) is 0 Å². The number of rotatable bonds is 5. The Balaban J connectivity index is 1.61. The van der Waals surface area contributed by atoms with Gasteiger partial charge in [0.25, 0.3) is 0 Å². The maximum Gasteiger partial charge on any atom is 0.344 e. The molecule has 0 amide bonds. The van der Waals surface area contributed by atoms with Gasteiger partial charge >= 0.3 is 5.63 Å². The summed E-state index contributed by atoms with van der Waals surface area (Å²) in [5, 5.41) is 10.5. The van der Waals surface area contributed by atoms with E-state index >= 15 is 0 Å². The molecular weight excluding hydrogens is 432 g/mol. The molecule has 2 heterocycles. The quantitative estimate of drug-likeness (QED) is 0.441. The molecular formula is C27H20N2O5. The molecule has 0 saturated heterocycles. The molecule has 0 fully saturated rings. The van der Waals surface area contributed by atoms with E-state index in [0.717, 1.165) is 5.56 Å². The lowest BCUT2D eigenvalue weighted by Gasteiger charge is -2.26. The molecule has 0 saturated carbocycles. The molecule has 3 aromatic carbocycles. The number of hydrogen-bond donors (Lipinski definition) is 1. The number of ether oxygens (including phenoxy) is 3. The Hall–Kier alpha value is -4.70. The first-order valence-corrected chi connectivity index (χ1v) is 10.6. The fourth-order valence-electron chi connectivity index (χ4n) is 4.12. The minimum Gasteiger partial charge on any atom is -0.493 e. The monoisotopic (exact) mass is 452 g/mol. The third-order valence-corrected chi connectivity index (χ3v) is 5.73. The van der Waals surface area contributed by atoms with Crippen LogP contribution in [0.4, 0.5) is 0 Å².